The number of methoxy groups -OCH3 is 1. The van der Waals surface area contributed by atoms with Crippen molar-refractivity contribution in [3.05, 3.63) is 58.1 Å². The molecule has 0 atom stereocenters. The Kier molecular flexibility index (Phi) is 7.03. The molecule has 0 aliphatic heterocycles. The number of nitrogens with zero attached hydrogens (tertiary/aromatic N) is 1. The van der Waals surface area contributed by atoms with E-state index in [2.05, 4.69) is 10.6 Å². The van der Waals surface area contributed by atoms with Gasteiger partial charge in [-0.2, -0.15) is 5.26 Å². The average molecular weight is 388 g/mol. The molecule has 2 aromatic rings. The van der Waals surface area contributed by atoms with Crippen LogP contribution in [0.5, 0.6) is 11.5 Å². The molecular formula is C19H18ClN3O4. The van der Waals surface area contributed by atoms with Crippen LogP contribution in [0.4, 0.5) is 0 Å². The minimum absolute atomic E-state index is 0.141. The van der Waals surface area contributed by atoms with Crippen LogP contribution in [-0.2, 0) is 11.3 Å². The maximum Gasteiger partial charge on any atom is 0.257 e. The first-order valence-corrected chi connectivity index (χ1v) is 8.33. The van der Waals surface area contributed by atoms with E-state index in [1.54, 1.807) is 24.3 Å². The summed E-state index contributed by atoms with van der Waals surface area (Å²) in [6.07, 6.45) is 0. The highest BCUT2D eigenvalue weighted by Gasteiger charge is 2.12. The van der Waals surface area contributed by atoms with Crippen LogP contribution in [-0.4, -0.2) is 32.6 Å². The van der Waals surface area contributed by atoms with E-state index in [1.807, 2.05) is 6.07 Å². The minimum Gasteiger partial charge on any atom is -0.497 e. The van der Waals surface area contributed by atoms with Crippen LogP contribution in [0, 0.1) is 11.3 Å². The number of carbonyl (C=O) groups is 2. The molecule has 0 aliphatic rings. The van der Waals surface area contributed by atoms with Crippen molar-refractivity contribution in [3.63, 3.8) is 0 Å². The Morgan fingerprint density at radius 1 is 1.22 bits per heavy atom. The van der Waals surface area contributed by atoms with E-state index in [-0.39, 0.29) is 25.0 Å². The third-order valence-corrected chi connectivity index (χ3v) is 3.86. The van der Waals surface area contributed by atoms with Gasteiger partial charge in [-0.05, 0) is 30.3 Å². The highest BCUT2D eigenvalue weighted by atomic mass is 35.5. The zero-order chi connectivity index (χ0) is 19.8. The average Bonchev–Trinajstić information content (AvgIpc) is 2.69. The zero-order valence-corrected chi connectivity index (χ0v) is 15.6. The molecule has 2 rings (SSSR count). The first-order valence-electron chi connectivity index (χ1n) is 7.96. The summed E-state index contributed by atoms with van der Waals surface area (Å²) in [5, 5.41) is 14.6. The van der Waals surface area contributed by atoms with Gasteiger partial charge in [-0.3, -0.25) is 9.59 Å². The molecule has 0 saturated carbocycles. The third-order valence-electron chi connectivity index (χ3n) is 3.64. The lowest BCUT2D eigenvalue weighted by molar-refractivity contribution is -0.122. The number of benzene rings is 2. The number of halogens is 1. The molecule has 8 heteroatoms. The fourth-order valence-electron chi connectivity index (χ4n) is 2.21. The number of likely N-dealkylation sites (N-methyl/N-ethyl adjacent to an activating group) is 1. The lowest BCUT2D eigenvalue weighted by atomic mass is 10.1. The Labute approximate surface area is 161 Å². The molecule has 0 spiro atoms. The van der Waals surface area contributed by atoms with Crippen LogP contribution in [0.25, 0.3) is 0 Å². The van der Waals surface area contributed by atoms with Crippen molar-refractivity contribution in [3.8, 4) is 17.6 Å². The molecular weight excluding hydrogens is 370 g/mol. The van der Waals surface area contributed by atoms with Gasteiger partial charge in [-0.1, -0.05) is 17.7 Å². The Morgan fingerprint density at radius 2 is 2.00 bits per heavy atom. The summed E-state index contributed by atoms with van der Waals surface area (Å²) < 4.78 is 10.6. The molecule has 27 heavy (non-hydrogen) atoms. The summed E-state index contributed by atoms with van der Waals surface area (Å²) in [6.45, 7) is -0.0553. The normalized spacial score (nSPS) is 9.85. The number of nitrogens with one attached hydrogen (secondary N) is 2. The molecule has 2 amide bonds. The molecule has 140 valence electrons. The second-order valence-corrected chi connectivity index (χ2v) is 5.90. The number of ether oxygens (including phenoxy) is 2. The molecule has 0 saturated heterocycles. The standard InChI is InChI=1S/C19H18ClN3O4/c1-22-18(24)11-27-17-5-12(9-21)3-4-13(17)10-23-19(25)14-6-15(20)8-16(7-14)26-2/h3-8H,10-11H2,1-2H3,(H,22,24)(H,23,25). The zero-order valence-electron chi connectivity index (χ0n) is 14.8. The number of amides is 2. The summed E-state index contributed by atoms with van der Waals surface area (Å²) >= 11 is 5.98. The Balaban J connectivity index is 2.14. The quantitative estimate of drug-likeness (QED) is 0.759. The maximum absolute atomic E-state index is 12.4. The summed E-state index contributed by atoms with van der Waals surface area (Å²) in [4.78, 5) is 23.8. The van der Waals surface area contributed by atoms with Gasteiger partial charge in [0.2, 0.25) is 0 Å². The number of nitriles is 1. The third kappa shape index (κ3) is 5.62. The lowest BCUT2D eigenvalue weighted by Crippen LogP contribution is -2.26. The highest BCUT2D eigenvalue weighted by molar-refractivity contribution is 6.31. The molecule has 0 aliphatic carbocycles. The number of carbonyl (C=O) groups excluding carboxylic acids is 2. The van der Waals surface area contributed by atoms with E-state index in [9.17, 15) is 9.59 Å². The SMILES string of the molecule is CNC(=O)COc1cc(C#N)ccc1CNC(=O)c1cc(Cl)cc(OC)c1. The Hall–Kier alpha value is -3.24. The smallest absolute Gasteiger partial charge is 0.257 e. The predicted octanol–water partition coefficient (Wildman–Crippen LogP) is 2.28. The maximum atomic E-state index is 12.4. The second-order valence-electron chi connectivity index (χ2n) is 5.46. The predicted molar refractivity (Wildman–Crippen MR) is 99.9 cm³/mol. The number of hydrogen-bond donors (Lipinski definition) is 2. The van der Waals surface area contributed by atoms with Crippen molar-refractivity contribution in [1.29, 1.82) is 5.26 Å². The van der Waals surface area contributed by atoms with Crippen molar-refractivity contribution >= 4 is 23.4 Å². The molecule has 2 N–H and O–H groups in total. The fraction of sp³-hybridized carbons (Fsp3) is 0.211. The van der Waals surface area contributed by atoms with Crippen LogP contribution >= 0.6 is 11.6 Å². The van der Waals surface area contributed by atoms with Crippen LogP contribution < -0.4 is 20.1 Å². The summed E-state index contributed by atoms with van der Waals surface area (Å²) in [7, 11) is 2.98. The van der Waals surface area contributed by atoms with E-state index in [0.29, 0.717) is 33.2 Å². The van der Waals surface area contributed by atoms with Crippen molar-refractivity contribution in [2.45, 2.75) is 6.54 Å². The van der Waals surface area contributed by atoms with Crippen molar-refractivity contribution < 1.29 is 19.1 Å². The van der Waals surface area contributed by atoms with Gasteiger partial charge < -0.3 is 20.1 Å². The molecule has 0 bridgehead atoms. The number of rotatable bonds is 7. The van der Waals surface area contributed by atoms with Crippen LogP contribution in [0.1, 0.15) is 21.5 Å². The van der Waals surface area contributed by atoms with Gasteiger partial charge >= 0.3 is 0 Å². The summed E-state index contributed by atoms with van der Waals surface area (Å²) in [6, 6.07) is 11.5. The minimum atomic E-state index is -0.350. The molecule has 0 unspecified atom stereocenters. The van der Waals surface area contributed by atoms with E-state index in [1.165, 1.54) is 26.3 Å². The highest BCUT2D eigenvalue weighted by Crippen LogP contribution is 2.22. The molecule has 2 aromatic carbocycles. The van der Waals surface area contributed by atoms with E-state index in [0.717, 1.165) is 0 Å². The van der Waals surface area contributed by atoms with E-state index >= 15 is 0 Å². The van der Waals surface area contributed by atoms with Crippen molar-refractivity contribution in [1.82, 2.24) is 10.6 Å². The first-order chi connectivity index (χ1) is 13.0. The van der Waals surface area contributed by atoms with Crippen molar-refractivity contribution in [2.24, 2.45) is 0 Å². The molecule has 0 heterocycles. The van der Waals surface area contributed by atoms with Gasteiger partial charge in [-0.15, -0.1) is 0 Å². The topological polar surface area (TPSA) is 100 Å². The monoisotopic (exact) mass is 387 g/mol. The largest absolute Gasteiger partial charge is 0.497 e. The van der Waals surface area contributed by atoms with Gasteiger partial charge in [0.15, 0.2) is 6.61 Å². The van der Waals surface area contributed by atoms with E-state index < -0.39 is 0 Å². The Morgan fingerprint density at radius 3 is 2.67 bits per heavy atom. The fourth-order valence-corrected chi connectivity index (χ4v) is 2.43. The van der Waals surface area contributed by atoms with Gasteiger partial charge in [0.25, 0.3) is 11.8 Å². The van der Waals surface area contributed by atoms with Gasteiger partial charge in [0.05, 0.1) is 18.7 Å². The van der Waals surface area contributed by atoms with E-state index in [4.69, 9.17) is 26.3 Å². The van der Waals surface area contributed by atoms with Crippen molar-refractivity contribution in [2.75, 3.05) is 20.8 Å². The number of hydrogen-bond acceptors (Lipinski definition) is 5. The summed E-state index contributed by atoms with van der Waals surface area (Å²) in [5.74, 6) is 0.165. The Bertz CT molecular complexity index is 893. The van der Waals surface area contributed by atoms with Crippen LogP contribution in [0.2, 0.25) is 5.02 Å². The molecule has 0 radical (unpaired) electrons. The van der Waals surface area contributed by atoms with Crippen LogP contribution in [0.15, 0.2) is 36.4 Å². The van der Waals surface area contributed by atoms with Gasteiger partial charge in [0.1, 0.15) is 11.5 Å². The van der Waals surface area contributed by atoms with Crippen LogP contribution in [0.3, 0.4) is 0 Å². The second kappa shape index (κ2) is 9.46. The summed E-state index contributed by atoms with van der Waals surface area (Å²) in [5.41, 5.74) is 1.36. The molecule has 0 fully saturated rings. The lowest BCUT2D eigenvalue weighted by Gasteiger charge is -2.13. The van der Waals surface area contributed by atoms with Gasteiger partial charge in [0, 0.05) is 29.7 Å². The molecule has 7 nitrogen and oxygen atoms in total. The van der Waals surface area contributed by atoms with Gasteiger partial charge in [-0.25, -0.2) is 0 Å². The molecule has 0 aromatic heterocycles. The first kappa shape index (κ1) is 20.1.